The van der Waals surface area contributed by atoms with E-state index in [1.807, 2.05) is 17.0 Å². The molecule has 1 aromatic carbocycles. The van der Waals surface area contributed by atoms with Crippen LogP contribution in [0.25, 0.3) is 0 Å². The summed E-state index contributed by atoms with van der Waals surface area (Å²) < 4.78 is 0. The zero-order valence-corrected chi connectivity index (χ0v) is 12.9. The minimum Gasteiger partial charge on any atom is -0.360 e. The van der Waals surface area contributed by atoms with E-state index in [4.69, 9.17) is 0 Å². The van der Waals surface area contributed by atoms with Gasteiger partial charge < -0.3 is 9.80 Å². The largest absolute Gasteiger partial charge is 0.360 e. The number of benzene rings is 1. The summed E-state index contributed by atoms with van der Waals surface area (Å²) in [5.41, 5.74) is 1.30. The van der Waals surface area contributed by atoms with Gasteiger partial charge in [0, 0.05) is 30.2 Å². The predicted octanol–water partition coefficient (Wildman–Crippen LogP) is 1.49. The average Bonchev–Trinajstić information content (AvgIpc) is 3.18. The highest BCUT2D eigenvalue weighted by atomic mass is 16.6. The number of nitrogens with one attached hydrogen (secondary N) is 1. The molecule has 2 bridgehead atoms. The van der Waals surface area contributed by atoms with Crippen LogP contribution in [-0.2, 0) is 0 Å². The quantitative estimate of drug-likeness (QED) is 0.680. The molecule has 1 saturated heterocycles. The zero-order chi connectivity index (χ0) is 15.1. The Hall–Kier alpha value is -1.62. The third-order valence-corrected chi connectivity index (χ3v) is 6.09. The van der Waals surface area contributed by atoms with Gasteiger partial charge in [-0.2, -0.15) is 0 Å². The maximum atomic E-state index is 10.7. The molecule has 0 spiro atoms. The van der Waals surface area contributed by atoms with Gasteiger partial charge in [-0.25, -0.2) is 0 Å². The summed E-state index contributed by atoms with van der Waals surface area (Å²) in [5.74, 6) is 2.01. The van der Waals surface area contributed by atoms with Gasteiger partial charge in [0.2, 0.25) is 0 Å². The van der Waals surface area contributed by atoms with Gasteiger partial charge in [0.05, 0.1) is 37.1 Å². The fourth-order valence-electron chi connectivity index (χ4n) is 4.95. The molecule has 3 atom stereocenters. The molecule has 1 aliphatic heterocycles. The standard InChI is InChI=1S/C17H23N3O2/c21-20(22)16-5-3-15(4-6-16)18-7-9-19(10-8-18)17-12-13-1-2-14(17)11-13/h3-6,13-14,17H,1-2,7-12H2/p+1/t13-,14+,17+/m0/s1. The van der Waals surface area contributed by atoms with E-state index in [-0.39, 0.29) is 10.6 Å². The number of nitro groups is 1. The summed E-state index contributed by atoms with van der Waals surface area (Å²) in [7, 11) is 0. The molecule has 0 aromatic heterocycles. The Balaban J connectivity index is 1.36. The van der Waals surface area contributed by atoms with Gasteiger partial charge in [0.15, 0.2) is 0 Å². The van der Waals surface area contributed by atoms with Crippen LogP contribution in [0.15, 0.2) is 24.3 Å². The molecule has 3 aliphatic rings. The first-order valence-electron chi connectivity index (χ1n) is 8.54. The topological polar surface area (TPSA) is 50.8 Å². The van der Waals surface area contributed by atoms with Crippen molar-refractivity contribution in [3.05, 3.63) is 34.4 Å². The van der Waals surface area contributed by atoms with Gasteiger partial charge in [-0.15, -0.1) is 0 Å². The van der Waals surface area contributed by atoms with Gasteiger partial charge >= 0.3 is 0 Å². The first-order valence-corrected chi connectivity index (χ1v) is 8.54. The molecule has 0 unspecified atom stereocenters. The van der Waals surface area contributed by atoms with Crippen molar-refractivity contribution in [2.24, 2.45) is 11.8 Å². The number of quaternary nitrogens is 1. The molecule has 5 heteroatoms. The number of hydrogen-bond donors (Lipinski definition) is 1. The van der Waals surface area contributed by atoms with Crippen LogP contribution in [0.4, 0.5) is 11.4 Å². The van der Waals surface area contributed by atoms with Crippen molar-refractivity contribution in [1.82, 2.24) is 0 Å². The molecule has 1 aromatic rings. The van der Waals surface area contributed by atoms with Gasteiger partial charge in [0.1, 0.15) is 0 Å². The molecule has 1 heterocycles. The number of non-ortho nitro benzene ring substituents is 1. The number of anilines is 1. The summed E-state index contributed by atoms with van der Waals surface area (Å²) in [4.78, 5) is 14.6. The van der Waals surface area contributed by atoms with E-state index in [9.17, 15) is 10.1 Å². The van der Waals surface area contributed by atoms with Crippen LogP contribution in [0.2, 0.25) is 0 Å². The van der Waals surface area contributed by atoms with Gasteiger partial charge in [-0.05, 0) is 37.3 Å². The van der Waals surface area contributed by atoms with Crippen molar-refractivity contribution >= 4 is 11.4 Å². The second-order valence-electron chi connectivity index (χ2n) is 7.20. The lowest BCUT2D eigenvalue weighted by Gasteiger charge is -2.39. The Morgan fingerprint density at radius 3 is 2.36 bits per heavy atom. The lowest BCUT2D eigenvalue weighted by Crippen LogP contribution is -3.18. The van der Waals surface area contributed by atoms with Crippen molar-refractivity contribution in [2.75, 3.05) is 31.1 Å². The Bertz CT molecular complexity index is 552. The molecule has 3 fully saturated rings. The number of rotatable bonds is 3. The summed E-state index contributed by atoms with van der Waals surface area (Å²) in [6.07, 6.45) is 5.88. The molecule has 5 nitrogen and oxygen atoms in total. The van der Waals surface area contributed by atoms with Crippen molar-refractivity contribution in [2.45, 2.75) is 31.7 Å². The lowest BCUT2D eigenvalue weighted by molar-refractivity contribution is -0.929. The van der Waals surface area contributed by atoms with Crippen molar-refractivity contribution in [3.8, 4) is 0 Å². The number of nitro benzene ring substituents is 1. The van der Waals surface area contributed by atoms with Crippen LogP contribution < -0.4 is 9.80 Å². The van der Waals surface area contributed by atoms with E-state index in [0.717, 1.165) is 36.7 Å². The molecule has 4 rings (SSSR count). The zero-order valence-electron chi connectivity index (χ0n) is 12.9. The number of hydrogen-bond acceptors (Lipinski definition) is 3. The van der Waals surface area contributed by atoms with Crippen LogP contribution in [0.1, 0.15) is 25.7 Å². The normalized spacial score (nSPS) is 31.6. The highest BCUT2D eigenvalue weighted by Crippen LogP contribution is 2.43. The van der Waals surface area contributed by atoms with Gasteiger partial charge in [-0.1, -0.05) is 0 Å². The smallest absolute Gasteiger partial charge is 0.269 e. The lowest BCUT2D eigenvalue weighted by atomic mass is 9.93. The number of fused-ring (bicyclic) bond motifs is 2. The van der Waals surface area contributed by atoms with Crippen LogP contribution in [0, 0.1) is 22.0 Å². The Morgan fingerprint density at radius 2 is 1.82 bits per heavy atom. The average molecular weight is 302 g/mol. The summed E-state index contributed by atoms with van der Waals surface area (Å²) in [6, 6.07) is 7.92. The maximum absolute atomic E-state index is 10.7. The molecule has 118 valence electrons. The highest BCUT2D eigenvalue weighted by molar-refractivity contribution is 5.51. The Morgan fingerprint density at radius 1 is 1.09 bits per heavy atom. The van der Waals surface area contributed by atoms with Gasteiger partial charge in [-0.3, -0.25) is 10.1 Å². The fourth-order valence-corrected chi connectivity index (χ4v) is 4.95. The van der Waals surface area contributed by atoms with E-state index in [1.165, 1.54) is 38.8 Å². The van der Waals surface area contributed by atoms with E-state index >= 15 is 0 Å². The molecule has 2 aliphatic carbocycles. The first-order chi connectivity index (χ1) is 10.7. The van der Waals surface area contributed by atoms with E-state index < -0.39 is 0 Å². The minimum atomic E-state index is -0.332. The van der Waals surface area contributed by atoms with Crippen molar-refractivity contribution in [1.29, 1.82) is 0 Å². The number of nitrogens with zero attached hydrogens (tertiary/aromatic N) is 2. The van der Waals surface area contributed by atoms with Crippen LogP contribution in [0.5, 0.6) is 0 Å². The summed E-state index contributed by atoms with van der Waals surface area (Å²) in [6.45, 7) is 4.57. The molecular formula is C17H24N3O2+. The van der Waals surface area contributed by atoms with Crippen molar-refractivity contribution in [3.63, 3.8) is 0 Å². The molecule has 1 N–H and O–H groups in total. The van der Waals surface area contributed by atoms with Crippen LogP contribution in [0.3, 0.4) is 0 Å². The van der Waals surface area contributed by atoms with E-state index in [1.54, 1.807) is 12.1 Å². The molecule has 0 amide bonds. The second kappa shape index (κ2) is 5.54. The predicted molar refractivity (Wildman–Crippen MR) is 85.2 cm³/mol. The monoisotopic (exact) mass is 302 g/mol. The van der Waals surface area contributed by atoms with Crippen LogP contribution in [-0.4, -0.2) is 37.1 Å². The highest BCUT2D eigenvalue weighted by Gasteiger charge is 2.45. The second-order valence-corrected chi connectivity index (χ2v) is 7.20. The van der Waals surface area contributed by atoms with E-state index in [2.05, 4.69) is 4.90 Å². The Labute approximate surface area is 131 Å². The fraction of sp³-hybridized carbons (Fsp3) is 0.647. The summed E-state index contributed by atoms with van der Waals surface area (Å²) >= 11 is 0. The van der Waals surface area contributed by atoms with Crippen molar-refractivity contribution < 1.29 is 9.82 Å². The maximum Gasteiger partial charge on any atom is 0.269 e. The molecule has 2 saturated carbocycles. The third-order valence-electron chi connectivity index (χ3n) is 6.09. The molecule has 0 radical (unpaired) electrons. The minimum absolute atomic E-state index is 0.176. The third kappa shape index (κ3) is 2.47. The summed E-state index contributed by atoms with van der Waals surface area (Å²) in [5, 5.41) is 10.7. The Kier molecular flexibility index (Phi) is 3.53. The molecular weight excluding hydrogens is 278 g/mol. The van der Waals surface area contributed by atoms with Gasteiger partial charge in [0.25, 0.3) is 5.69 Å². The van der Waals surface area contributed by atoms with E-state index in [0.29, 0.717) is 0 Å². The molecule has 22 heavy (non-hydrogen) atoms. The SMILES string of the molecule is O=[N+]([O-])c1ccc(N2CC[NH+]([C@@H]3C[C@H]4CC[C@@H]3C4)CC2)cc1. The first kappa shape index (κ1) is 14.0. The number of piperazine rings is 1. The van der Waals surface area contributed by atoms with Crippen LogP contribution >= 0.6 is 0 Å².